The van der Waals surface area contributed by atoms with E-state index in [1.165, 1.54) is 18.2 Å². The van der Waals surface area contributed by atoms with Crippen molar-refractivity contribution in [3.05, 3.63) is 82.7 Å². The first kappa shape index (κ1) is 19.4. The summed E-state index contributed by atoms with van der Waals surface area (Å²) in [5, 5.41) is 0. The van der Waals surface area contributed by atoms with Crippen molar-refractivity contribution in [2.45, 2.75) is 25.7 Å². The average Bonchev–Trinajstić information content (AvgIpc) is 2.70. The molecule has 0 N–H and O–H groups in total. The van der Waals surface area contributed by atoms with Crippen molar-refractivity contribution in [3.63, 3.8) is 0 Å². The van der Waals surface area contributed by atoms with Gasteiger partial charge >= 0.3 is 6.18 Å². The fraction of sp³-hybridized carbons (Fsp3) is 0.238. The molecule has 8 heteroatoms. The van der Waals surface area contributed by atoms with Crippen molar-refractivity contribution in [3.8, 4) is 11.4 Å². The zero-order valence-electron chi connectivity index (χ0n) is 15.2. The number of rotatable bonds is 3. The predicted molar refractivity (Wildman–Crippen MR) is 96.6 cm³/mol. The van der Waals surface area contributed by atoms with Crippen LogP contribution >= 0.6 is 0 Å². The zero-order chi connectivity index (χ0) is 20.6. The van der Waals surface area contributed by atoms with Gasteiger partial charge in [0.1, 0.15) is 11.6 Å². The lowest BCUT2D eigenvalue weighted by molar-refractivity contribution is -0.137. The molecule has 0 saturated carbocycles. The van der Waals surface area contributed by atoms with Crippen LogP contribution < -0.4 is 0 Å². The molecule has 0 fully saturated rings. The second kappa shape index (κ2) is 7.51. The van der Waals surface area contributed by atoms with E-state index in [-0.39, 0.29) is 12.1 Å². The van der Waals surface area contributed by atoms with Crippen molar-refractivity contribution in [1.82, 2.24) is 14.9 Å². The molecular weight excluding hydrogens is 389 g/mol. The third-order valence-electron chi connectivity index (χ3n) is 4.89. The molecule has 2 heterocycles. The second-order valence-electron chi connectivity index (χ2n) is 6.94. The van der Waals surface area contributed by atoms with E-state index in [9.17, 15) is 22.0 Å². The van der Waals surface area contributed by atoms with E-state index in [2.05, 4.69) is 9.97 Å². The molecule has 3 aromatic rings. The number of hydrogen-bond donors (Lipinski definition) is 0. The summed E-state index contributed by atoms with van der Waals surface area (Å²) in [5.41, 5.74) is 1.75. The quantitative estimate of drug-likeness (QED) is 0.575. The van der Waals surface area contributed by atoms with Gasteiger partial charge in [-0.15, -0.1) is 0 Å². The summed E-state index contributed by atoms with van der Waals surface area (Å²) in [4.78, 5) is 10.7. The van der Waals surface area contributed by atoms with Crippen LogP contribution in [0.5, 0.6) is 0 Å². The number of halogens is 5. The Balaban J connectivity index is 1.50. The van der Waals surface area contributed by atoms with Crippen LogP contribution in [0.2, 0.25) is 0 Å². The van der Waals surface area contributed by atoms with E-state index >= 15 is 0 Å². The Labute approximate surface area is 163 Å². The topological polar surface area (TPSA) is 29.0 Å². The lowest BCUT2D eigenvalue weighted by atomic mass is 10.1. The van der Waals surface area contributed by atoms with Crippen molar-refractivity contribution in [2.24, 2.45) is 0 Å². The van der Waals surface area contributed by atoms with Gasteiger partial charge in [-0.25, -0.2) is 18.7 Å². The number of alkyl halides is 3. The minimum atomic E-state index is -4.39. The maximum Gasteiger partial charge on any atom is 0.416 e. The molecule has 0 unspecified atom stereocenters. The minimum absolute atomic E-state index is 0.268. The summed E-state index contributed by atoms with van der Waals surface area (Å²) < 4.78 is 65.4. The fourth-order valence-electron chi connectivity index (χ4n) is 3.36. The van der Waals surface area contributed by atoms with Gasteiger partial charge in [-0.2, -0.15) is 13.2 Å². The van der Waals surface area contributed by atoms with E-state index in [0.29, 0.717) is 30.9 Å². The van der Waals surface area contributed by atoms with Crippen LogP contribution in [0.1, 0.15) is 22.4 Å². The summed E-state index contributed by atoms with van der Waals surface area (Å²) in [6, 6.07) is 8.11. The van der Waals surface area contributed by atoms with E-state index in [0.717, 1.165) is 35.5 Å². The van der Waals surface area contributed by atoms with Crippen molar-refractivity contribution in [2.75, 3.05) is 6.54 Å². The highest BCUT2D eigenvalue weighted by atomic mass is 19.4. The molecule has 0 atom stereocenters. The number of nitrogens with zero attached hydrogens (tertiary/aromatic N) is 3. The molecular formula is C21H16F5N3. The Morgan fingerprint density at radius 3 is 2.48 bits per heavy atom. The van der Waals surface area contributed by atoms with Gasteiger partial charge < -0.3 is 0 Å². The van der Waals surface area contributed by atoms with Gasteiger partial charge in [-0.1, -0.05) is 12.1 Å². The Kier molecular flexibility index (Phi) is 5.04. The highest BCUT2D eigenvalue weighted by molar-refractivity contribution is 5.56. The number of fused-ring (bicyclic) bond motifs is 1. The highest BCUT2D eigenvalue weighted by Crippen LogP contribution is 2.30. The van der Waals surface area contributed by atoms with Crippen LogP contribution in [0, 0.1) is 11.6 Å². The Bertz CT molecular complexity index is 1030. The third-order valence-corrected chi connectivity index (χ3v) is 4.89. The molecule has 1 aliphatic rings. The lowest BCUT2D eigenvalue weighted by Crippen LogP contribution is -2.31. The maximum atomic E-state index is 13.9. The molecule has 0 amide bonds. The number of aromatic nitrogens is 2. The second-order valence-corrected chi connectivity index (χ2v) is 6.94. The van der Waals surface area contributed by atoms with Crippen LogP contribution in [-0.4, -0.2) is 21.4 Å². The van der Waals surface area contributed by atoms with Gasteiger partial charge in [0.15, 0.2) is 5.82 Å². The SMILES string of the molecule is Fc1ccc(F)c(CN2CCc3nc(-c4ccc(C(F)(F)F)cc4)ncc3C2)c1. The van der Waals surface area contributed by atoms with Crippen LogP contribution in [0.3, 0.4) is 0 Å². The molecule has 0 aliphatic carbocycles. The van der Waals surface area contributed by atoms with Crippen molar-refractivity contribution in [1.29, 1.82) is 0 Å². The van der Waals surface area contributed by atoms with Gasteiger partial charge in [0.25, 0.3) is 0 Å². The molecule has 150 valence electrons. The number of benzene rings is 2. The summed E-state index contributed by atoms with van der Waals surface area (Å²) in [5.74, 6) is -0.573. The summed E-state index contributed by atoms with van der Waals surface area (Å²) >= 11 is 0. The molecule has 2 aromatic carbocycles. The lowest BCUT2D eigenvalue weighted by Gasteiger charge is -2.28. The molecule has 1 aromatic heterocycles. The molecule has 0 saturated heterocycles. The van der Waals surface area contributed by atoms with Gasteiger partial charge in [-0.05, 0) is 30.3 Å². The summed E-state index contributed by atoms with van der Waals surface area (Å²) in [7, 11) is 0. The average molecular weight is 405 g/mol. The molecule has 3 nitrogen and oxygen atoms in total. The maximum absolute atomic E-state index is 13.9. The first-order valence-corrected chi connectivity index (χ1v) is 8.98. The molecule has 29 heavy (non-hydrogen) atoms. The Hall–Kier alpha value is -2.87. The molecule has 0 radical (unpaired) electrons. The van der Waals surface area contributed by atoms with Crippen molar-refractivity contribution < 1.29 is 22.0 Å². The molecule has 0 spiro atoms. The zero-order valence-corrected chi connectivity index (χ0v) is 15.2. The standard InChI is InChI=1S/C21H16F5N3/c22-17-5-6-18(23)14(9-17)11-29-8-7-19-15(12-29)10-27-20(28-19)13-1-3-16(4-2-13)21(24,25)26/h1-6,9-10H,7-8,11-12H2. The first-order valence-electron chi connectivity index (χ1n) is 8.98. The van der Waals surface area contributed by atoms with Crippen LogP contribution in [0.4, 0.5) is 22.0 Å². The highest BCUT2D eigenvalue weighted by Gasteiger charge is 2.30. The minimum Gasteiger partial charge on any atom is -0.294 e. The fourth-order valence-corrected chi connectivity index (χ4v) is 3.36. The van der Waals surface area contributed by atoms with Crippen LogP contribution in [0.15, 0.2) is 48.7 Å². The third kappa shape index (κ3) is 4.27. The summed E-state index contributed by atoms with van der Waals surface area (Å²) in [6.45, 7) is 1.36. The normalized spacial score (nSPS) is 14.7. The Morgan fingerprint density at radius 1 is 1.00 bits per heavy atom. The first-order chi connectivity index (χ1) is 13.8. The smallest absolute Gasteiger partial charge is 0.294 e. The molecule has 1 aliphatic heterocycles. The molecule has 4 rings (SSSR count). The van der Waals surface area contributed by atoms with Crippen LogP contribution in [-0.2, 0) is 25.7 Å². The predicted octanol–water partition coefficient (Wildman–Crippen LogP) is 5.00. The van der Waals surface area contributed by atoms with E-state index in [4.69, 9.17) is 0 Å². The van der Waals surface area contributed by atoms with Gasteiger partial charge in [0, 0.05) is 48.9 Å². The van der Waals surface area contributed by atoms with Crippen molar-refractivity contribution >= 4 is 0 Å². The largest absolute Gasteiger partial charge is 0.416 e. The van der Waals surface area contributed by atoms with E-state index < -0.39 is 23.4 Å². The van der Waals surface area contributed by atoms with Gasteiger partial charge in [-0.3, -0.25) is 4.90 Å². The van der Waals surface area contributed by atoms with E-state index in [1.54, 1.807) is 6.20 Å². The van der Waals surface area contributed by atoms with E-state index in [1.807, 2.05) is 4.90 Å². The summed E-state index contributed by atoms with van der Waals surface area (Å²) in [6.07, 6.45) is -2.16. The monoisotopic (exact) mass is 405 g/mol. The molecule has 0 bridgehead atoms. The number of hydrogen-bond acceptors (Lipinski definition) is 3. The van der Waals surface area contributed by atoms with Gasteiger partial charge in [0.2, 0.25) is 0 Å². The van der Waals surface area contributed by atoms with Crippen LogP contribution in [0.25, 0.3) is 11.4 Å². The van der Waals surface area contributed by atoms with Gasteiger partial charge in [0.05, 0.1) is 11.3 Å². The Morgan fingerprint density at radius 2 is 1.76 bits per heavy atom.